The number of carbonyl (C=O) groups excluding carboxylic acids is 1. The molecular formula is C17H26N2O4. The Hall–Kier alpha value is -2.11. The lowest BCUT2D eigenvalue weighted by Gasteiger charge is -2.25. The van der Waals surface area contributed by atoms with Gasteiger partial charge >= 0.3 is 5.97 Å². The number of aromatic nitrogens is 1. The second-order valence-electron chi connectivity index (χ2n) is 6.67. The van der Waals surface area contributed by atoms with Crippen LogP contribution in [0.1, 0.15) is 45.7 Å². The van der Waals surface area contributed by atoms with Gasteiger partial charge < -0.3 is 15.0 Å². The van der Waals surface area contributed by atoms with Gasteiger partial charge in [-0.3, -0.25) is 9.59 Å². The Balaban J connectivity index is 3.07. The van der Waals surface area contributed by atoms with Crippen molar-refractivity contribution in [2.45, 2.75) is 53.1 Å². The van der Waals surface area contributed by atoms with Gasteiger partial charge in [-0.15, -0.1) is 0 Å². The van der Waals surface area contributed by atoms with E-state index in [1.54, 1.807) is 19.2 Å². The Morgan fingerprint density at radius 1 is 1.26 bits per heavy atom. The number of aliphatic carboxylic acids is 1. The molecule has 0 bridgehead atoms. The fourth-order valence-corrected chi connectivity index (χ4v) is 2.52. The van der Waals surface area contributed by atoms with Crippen LogP contribution in [0, 0.1) is 18.8 Å². The quantitative estimate of drug-likeness (QED) is 0.803. The summed E-state index contributed by atoms with van der Waals surface area (Å²) in [4.78, 5) is 36.1. The summed E-state index contributed by atoms with van der Waals surface area (Å²) in [6, 6.07) is 1.53. The van der Waals surface area contributed by atoms with Crippen molar-refractivity contribution in [3.05, 3.63) is 34.2 Å². The van der Waals surface area contributed by atoms with Gasteiger partial charge in [0.1, 0.15) is 12.1 Å². The smallest absolute Gasteiger partial charge is 0.326 e. The van der Waals surface area contributed by atoms with Crippen LogP contribution in [0.5, 0.6) is 0 Å². The van der Waals surface area contributed by atoms with Gasteiger partial charge in [-0.1, -0.05) is 27.7 Å². The molecule has 0 saturated heterocycles. The molecule has 2 atom stereocenters. The molecule has 1 amide bonds. The standard InChI is InChI=1S/C17H26N2O4/c1-10(2)8-13(17(22)23)18-16(21)15(11(3)4)19-7-6-12(5)9-14(19)20/h6-7,9-11,13,15H,8H2,1-5H3,(H,18,21)(H,22,23). The van der Waals surface area contributed by atoms with Crippen LogP contribution in [0.2, 0.25) is 0 Å². The molecule has 6 nitrogen and oxygen atoms in total. The third kappa shape index (κ3) is 5.23. The fourth-order valence-electron chi connectivity index (χ4n) is 2.52. The lowest BCUT2D eigenvalue weighted by molar-refractivity contribution is -0.143. The summed E-state index contributed by atoms with van der Waals surface area (Å²) in [5.74, 6) is -1.52. The van der Waals surface area contributed by atoms with E-state index in [0.29, 0.717) is 6.42 Å². The molecule has 2 N–H and O–H groups in total. The number of nitrogens with zero attached hydrogens (tertiary/aromatic N) is 1. The van der Waals surface area contributed by atoms with E-state index < -0.39 is 24.0 Å². The number of nitrogens with one attached hydrogen (secondary N) is 1. The van der Waals surface area contributed by atoms with Gasteiger partial charge in [0, 0.05) is 12.3 Å². The first kappa shape index (κ1) is 18.9. The number of aryl methyl sites for hydroxylation is 1. The van der Waals surface area contributed by atoms with E-state index in [2.05, 4.69) is 5.32 Å². The molecule has 1 aromatic heterocycles. The van der Waals surface area contributed by atoms with Crippen LogP contribution in [-0.2, 0) is 9.59 Å². The normalized spacial score (nSPS) is 13.9. The van der Waals surface area contributed by atoms with E-state index in [9.17, 15) is 19.5 Å². The van der Waals surface area contributed by atoms with Crippen molar-refractivity contribution < 1.29 is 14.7 Å². The molecule has 1 rings (SSSR count). The zero-order valence-electron chi connectivity index (χ0n) is 14.4. The minimum atomic E-state index is -1.06. The fraction of sp³-hybridized carbons (Fsp3) is 0.588. The predicted molar refractivity (Wildman–Crippen MR) is 88.3 cm³/mol. The van der Waals surface area contributed by atoms with E-state index in [-0.39, 0.29) is 17.4 Å². The van der Waals surface area contributed by atoms with Crippen molar-refractivity contribution >= 4 is 11.9 Å². The van der Waals surface area contributed by atoms with E-state index >= 15 is 0 Å². The third-order valence-electron chi connectivity index (χ3n) is 3.63. The lowest BCUT2D eigenvalue weighted by Crippen LogP contribution is -2.47. The Kier molecular flexibility index (Phi) is 6.54. The van der Waals surface area contributed by atoms with Crippen LogP contribution >= 0.6 is 0 Å². The first-order chi connectivity index (χ1) is 10.6. The van der Waals surface area contributed by atoms with Crippen molar-refractivity contribution in [2.75, 3.05) is 0 Å². The first-order valence-electron chi connectivity index (χ1n) is 7.85. The lowest BCUT2D eigenvalue weighted by atomic mass is 10.00. The molecule has 0 saturated carbocycles. The molecule has 128 valence electrons. The maximum Gasteiger partial charge on any atom is 0.326 e. The molecule has 2 unspecified atom stereocenters. The largest absolute Gasteiger partial charge is 0.480 e. The minimum absolute atomic E-state index is 0.135. The van der Waals surface area contributed by atoms with E-state index in [1.165, 1.54) is 10.6 Å². The van der Waals surface area contributed by atoms with Gasteiger partial charge in [-0.25, -0.2) is 4.79 Å². The second kappa shape index (κ2) is 7.94. The van der Waals surface area contributed by atoms with Crippen LogP contribution in [0.15, 0.2) is 23.1 Å². The molecular weight excluding hydrogens is 296 g/mol. The average Bonchev–Trinajstić information content (AvgIpc) is 2.39. The number of hydrogen-bond donors (Lipinski definition) is 2. The van der Waals surface area contributed by atoms with Crippen molar-refractivity contribution in [1.29, 1.82) is 0 Å². The Bertz CT molecular complexity index is 619. The summed E-state index contributed by atoms with van der Waals surface area (Å²) in [6.45, 7) is 9.25. The predicted octanol–water partition coefficient (Wildman–Crippen LogP) is 1.97. The van der Waals surface area contributed by atoms with Gasteiger partial charge in [0.15, 0.2) is 0 Å². The topological polar surface area (TPSA) is 88.4 Å². The van der Waals surface area contributed by atoms with Crippen LogP contribution in [0.25, 0.3) is 0 Å². The number of carboxylic acids is 1. The number of hydrogen-bond acceptors (Lipinski definition) is 3. The summed E-state index contributed by atoms with van der Waals surface area (Å²) < 4.78 is 1.36. The van der Waals surface area contributed by atoms with E-state index in [1.807, 2.05) is 27.7 Å². The number of carboxylic acid groups (broad SMARTS) is 1. The Labute approximate surface area is 136 Å². The van der Waals surface area contributed by atoms with Crippen LogP contribution in [0.3, 0.4) is 0 Å². The van der Waals surface area contributed by atoms with Gasteiger partial charge in [-0.2, -0.15) is 0 Å². The second-order valence-corrected chi connectivity index (χ2v) is 6.67. The minimum Gasteiger partial charge on any atom is -0.480 e. The van der Waals surface area contributed by atoms with Crippen molar-refractivity contribution in [2.24, 2.45) is 11.8 Å². The van der Waals surface area contributed by atoms with Crippen molar-refractivity contribution in [3.8, 4) is 0 Å². The zero-order valence-corrected chi connectivity index (χ0v) is 14.4. The van der Waals surface area contributed by atoms with Gasteiger partial charge in [0.05, 0.1) is 0 Å². The molecule has 0 spiro atoms. The van der Waals surface area contributed by atoms with Crippen LogP contribution in [0.4, 0.5) is 0 Å². The molecule has 1 aromatic rings. The third-order valence-corrected chi connectivity index (χ3v) is 3.63. The summed E-state index contributed by atoms with van der Waals surface area (Å²) in [7, 11) is 0. The first-order valence-corrected chi connectivity index (χ1v) is 7.85. The number of carbonyl (C=O) groups is 2. The monoisotopic (exact) mass is 322 g/mol. The molecule has 0 aliphatic rings. The maximum atomic E-state index is 12.6. The zero-order chi connectivity index (χ0) is 17.7. The SMILES string of the molecule is Cc1ccn(C(C(=O)NC(CC(C)C)C(=O)O)C(C)C)c(=O)c1. The molecule has 0 aliphatic heterocycles. The molecule has 6 heteroatoms. The van der Waals surface area contributed by atoms with Crippen LogP contribution < -0.4 is 10.9 Å². The highest BCUT2D eigenvalue weighted by Gasteiger charge is 2.29. The van der Waals surface area contributed by atoms with E-state index in [0.717, 1.165) is 5.56 Å². The molecule has 0 aliphatic carbocycles. The van der Waals surface area contributed by atoms with Crippen LogP contribution in [-0.4, -0.2) is 27.6 Å². The molecule has 0 aromatic carbocycles. The summed E-state index contributed by atoms with van der Waals surface area (Å²) in [5, 5.41) is 11.8. The Morgan fingerprint density at radius 3 is 2.30 bits per heavy atom. The van der Waals surface area contributed by atoms with Crippen molar-refractivity contribution in [1.82, 2.24) is 9.88 Å². The van der Waals surface area contributed by atoms with Gasteiger partial charge in [-0.05, 0) is 36.8 Å². The maximum absolute atomic E-state index is 12.6. The summed E-state index contributed by atoms with van der Waals surface area (Å²) in [6.07, 6.45) is 1.93. The highest BCUT2D eigenvalue weighted by Crippen LogP contribution is 2.17. The Morgan fingerprint density at radius 2 is 1.87 bits per heavy atom. The van der Waals surface area contributed by atoms with Gasteiger partial charge in [0.2, 0.25) is 5.91 Å². The highest BCUT2D eigenvalue weighted by atomic mass is 16.4. The molecule has 23 heavy (non-hydrogen) atoms. The molecule has 0 radical (unpaired) electrons. The summed E-state index contributed by atoms with van der Waals surface area (Å²) >= 11 is 0. The highest BCUT2D eigenvalue weighted by molar-refractivity contribution is 5.86. The molecule has 1 heterocycles. The van der Waals surface area contributed by atoms with Crippen molar-refractivity contribution in [3.63, 3.8) is 0 Å². The number of amides is 1. The molecule has 0 fully saturated rings. The number of pyridine rings is 1. The van der Waals surface area contributed by atoms with Gasteiger partial charge in [0.25, 0.3) is 5.56 Å². The van der Waals surface area contributed by atoms with E-state index in [4.69, 9.17) is 0 Å². The average molecular weight is 322 g/mol. The summed E-state index contributed by atoms with van der Waals surface area (Å²) in [5.41, 5.74) is 0.548. The number of rotatable bonds is 7.